The lowest BCUT2D eigenvalue weighted by atomic mass is 10.1. The molecular weight excluding hydrogens is 224 g/mol. The van der Waals surface area contributed by atoms with Crippen LogP contribution in [0.25, 0.3) is 0 Å². The van der Waals surface area contributed by atoms with Crippen molar-refractivity contribution in [3.63, 3.8) is 0 Å². The third-order valence-corrected chi connectivity index (χ3v) is 3.49. The summed E-state index contributed by atoms with van der Waals surface area (Å²) < 4.78 is 0. The second kappa shape index (κ2) is 6.21. The van der Waals surface area contributed by atoms with Gasteiger partial charge in [0.15, 0.2) is 0 Å². The van der Waals surface area contributed by atoms with E-state index in [4.69, 9.17) is 0 Å². The van der Waals surface area contributed by atoms with E-state index in [2.05, 4.69) is 41.4 Å². The van der Waals surface area contributed by atoms with Crippen LogP contribution < -0.4 is 10.2 Å². The Morgan fingerprint density at radius 2 is 2.00 bits per heavy atom. The Morgan fingerprint density at radius 1 is 1.33 bits per heavy atom. The lowest BCUT2D eigenvalue weighted by molar-refractivity contribution is 0.177. The smallest absolute Gasteiger partial charge is 0.0839 e. The van der Waals surface area contributed by atoms with E-state index in [0.29, 0.717) is 19.1 Å². The SMILES string of the molecule is CCc1ccc(N(C)CC(O)CNC2CC2)cc1. The van der Waals surface area contributed by atoms with E-state index in [0.717, 1.165) is 12.1 Å². The fraction of sp³-hybridized carbons (Fsp3) is 0.600. The number of aryl methyl sites for hydroxylation is 1. The summed E-state index contributed by atoms with van der Waals surface area (Å²) in [6, 6.07) is 9.22. The van der Waals surface area contributed by atoms with E-state index in [1.54, 1.807) is 0 Å². The molecule has 1 fully saturated rings. The van der Waals surface area contributed by atoms with Crippen LogP contribution in [0.2, 0.25) is 0 Å². The third-order valence-electron chi connectivity index (χ3n) is 3.49. The highest BCUT2D eigenvalue weighted by atomic mass is 16.3. The highest BCUT2D eigenvalue weighted by Crippen LogP contribution is 2.18. The summed E-state index contributed by atoms with van der Waals surface area (Å²) in [5, 5.41) is 13.3. The molecule has 0 aromatic heterocycles. The average Bonchev–Trinajstić information content (AvgIpc) is 3.20. The summed E-state index contributed by atoms with van der Waals surface area (Å²) in [4.78, 5) is 2.11. The molecule has 0 aliphatic heterocycles. The first-order valence-electron chi connectivity index (χ1n) is 6.90. The molecule has 1 unspecified atom stereocenters. The van der Waals surface area contributed by atoms with Crippen LogP contribution in [0.5, 0.6) is 0 Å². The molecule has 1 aliphatic rings. The van der Waals surface area contributed by atoms with E-state index in [1.807, 2.05) is 7.05 Å². The molecule has 0 radical (unpaired) electrons. The molecule has 1 atom stereocenters. The largest absolute Gasteiger partial charge is 0.390 e. The van der Waals surface area contributed by atoms with Gasteiger partial charge in [-0.1, -0.05) is 19.1 Å². The highest BCUT2D eigenvalue weighted by Gasteiger charge is 2.21. The van der Waals surface area contributed by atoms with Crippen molar-refractivity contribution in [2.45, 2.75) is 38.3 Å². The van der Waals surface area contributed by atoms with Crippen molar-refractivity contribution in [3.8, 4) is 0 Å². The first-order valence-corrected chi connectivity index (χ1v) is 6.90. The maximum Gasteiger partial charge on any atom is 0.0839 e. The van der Waals surface area contributed by atoms with Gasteiger partial charge < -0.3 is 15.3 Å². The molecule has 3 nitrogen and oxygen atoms in total. The highest BCUT2D eigenvalue weighted by molar-refractivity contribution is 5.46. The van der Waals surface area contributed by atoms with Crippen LogP contribution in [-0.4, -0.2) is 37.4 Å². The van der Waals surface area contributed by atoms with Gasteiger partial charge in [-0.15, -0.1) is 0 Å². The van der Waals surface area contributed by atoms with Crippen molar-refractivity contribution in [1.82, 2.24) is 5.32 Å². The topological polar surface area (TPSA) is 35.5 Å². The Morgan fingerprint density at radius 3 is 2.56 bits per heavy atom. The van der Waals surface area contributed by atoms with Gasteiger partial charge in [-0.25, -0.2) is 0 Å². The Kier molecular flexibility index (Phi) is 4.61. The first kappa shape index (κ1) is 13.4. The van der Waals surface area contributed by atoms with E-state index >= 15 is 0 Å². The minimum atomic E-state index is -0.304. The van der Waals surface area contributed by atoms with Gasteiger partial charge in [0.1, 0.15) is 0 Å². The number of hydrogen-bond donors (Lipinski definition) is 2. The van der Waals surface area contributed by atoms with Crippen molar-refractivity contribution in [3.05, 3.63) is 29.8 Å². The normalized spacial score (nSPS) is 16.6. The molecule has 0 heterocycles. The van der Waals surface area contributed by atoms with E-state index in [-0.39, 0.29) is 6.10 Å². The van der Waals surface area contributed by atoms with Crippen molar-refractivity contribution in [1.29, 1.82) is 0 Å². The summed E-state index contributed by atoms with van der Waals surface area (Å²) in [6.07, 6.45) is 3.29. The molecule has 2 rings (SSSR count). The van der Waals surface area contributed by atoms with Crippen LogP contribution in [0.3, 0.4) is 0 Å². The molecule has 2 N–H and O–H groups in total. The lowest BCUT2D eigenvalue weighted by Gasteiger charge is -2.23. The van der Waals surface area contributed by atoms with Gasteiger partial charge in [0.2, 0.25) is 0 Å². The lowest BCUT2D eigenvalue weighted by Crippen LogP contribution is -2.37. The Bertz CT molecular complexity index is 359. The summed E-state index contributed by atoms with van der Waals surface area (Å²) in [5.41, 5.74) is 2.51. The van der Waals surface area contributed by atoms with Crippen LogP contribution >= 0.6 is 0 Å². The second-order valence-corrected chi connectivity index (χ2v) is 5.24. The van der Waals surface area contributed by atoms with Gasteiger partial charge in [-0.2, -0.15) is 0 Å². The van der Waals surface area contributed by atoms with Gasteiger partial charge in [-0.3, -0.25) is 0 Å². The molecule has 0 saturated heterocycles. The molecule has 0 spiro atoms. The molecule has 0 bridgehead atoms. The van der Waals surface area contributed by atoms with Crippen molar-refractivity contribution >= 4 is 5.69 Å². The maximum atomic E-state index is 9.95. The van der Waals surface area contributed by atoms with Crippen LogP contribution in [0.15, 0.2) is 24.3 Å². The number of benzene rings is 1. The average molecular weight is 248 g/mol. The van der Waals surface area contributed by atoms with Crippen LogP contribution in [-0.2, 0) is 6.42 Å². The van der Waals surface area contributed by atoms with E-state index < -0.39 is 0 Å². The van der Waals surface area contributed by atoms with Gasteiger partial charge in [0.25, 0.3) is 0 Å². The molecule has 1 aromatic carbocycles. The van der Waals surface area contributed by atoms with Crippen LogP contribution in [0.1, 0.15) is 25.3 Å². The van der Waals surface area contributed by atoms with Gasteiger partial charge in [-0.05, 0) is 37.0 Å². The zero-order valence-corrected chi connectivity index (χ0v) is 11.4. The number of likely N-dealkylation sites (N-methyl/N-ethyl adjacent to an activating group) is 1. The number of aliphatic hydroxyl groups is 1. The van der Waals surface area contributed by atoms with Crippen molar-refractivity contribution in [2.75, 3.05) is 25.0 Å². The second-order valence-electron chi connectivity index (χ2n) is 5.24. The molecule has 3 heteroatoms. The minimum absolute atomic E-state index is 0.304. The molecule has 100 valence electrons. The number of rotatable bonds is 7. The Labute approximate surface area is 110 Å². The Hall–Kier alpha value is -1.06. The molecule has 18 heavy (non-hydrogen) atoms. The predicted molar refractivity (Wildman–Crippen MR) is 76.1 cm³/mol. The summed E-state index contributed by atoms with van der Waals surface area (Å²) in [5.74, 6) is 0. The first-order chi connectivity index (χ1) is 8.69. The molecule has 0 amide bonds. The fourth-order valence-electron chi connectivity index (χ4n) is 2.06. The number of anilines is 1. The zero-order valence-electron chi connectivity index (χ0n) is 11.4. The fourth-order valence-corrected chi connectivity index (χ4v) is 2.06. The number of aliphatic hydroxyl groups excluding tert-OH is 1. The Balaban J connectivity index is 1.79. The van der Waals surface area contributed by atoms with Gasteiger partial charge >= 0.3 is 0 Å². The monoisotopic (exact) mass is 248 g/mol. The van der Waals surface area contributed by atoms with Crippen molar-refractivity contribution < 1.29 is 5.11 Å². The van der Waals surface area contributed by atoms with Gasteiger partial charge in [0.05, 0.1) is 6.10 Å². The molecule has 1 aromatic rings. The van der Waals surface area contributed by atoms with Gasteiger partial charge in [0, 0.05) is 31.9 Å². The summed E-state index contributed by atoms with van der Waals surface area (Å²) >= 11 is 0. The summed E-state index contributed by atoms with van der Waals surface area (Å²) in [7, 11) is 2.03. The quantitative estimate of drug-likeness (QED) is 0.772. The minimum Gasteiger partial charge on any atom is -0.390 e. The zero-order chi connectivity index (χ0) is 13.0. The molecular formula is C15H24N2O. The maximum absolute atomic E-state index is 9.95. The van der Waals surface area contributed by atoms with Crippen LogP contribution in [0.4, 0.5) is 5.69 Å². The number of nitrogens with one attached hydrogen (secondary N) is 1. The molecule has 1 aliphatic carbocycles. The number of hydrogen-bond acceptors (Lipinski definition) is 3. The van der Waals surface area contributed by atoms with Crippen molar-refractivity contribution in [2.24, 2.45) is 0 Å². The third kappa shape index (κ3) is 4.00. The number of nitrogens with zero attached hydrogens (tertiary/aromatic N) is 1. The summed E-state index contributed by atoms with van der Waals surface area (Å²) in [6.45, 7) is 3.53. The van der Waals surface area contributed by atoms with E-state index in [9.17, 15) is 5.11 Å². The molecule has 1 saturated carbocycles. The van der Waals surface area contributed by atoms with Crippen LogP contribution in [0, 0.1) is 0 Å². The standard InChI is InChI=1S/C15H24N2O/c1-3-12-4-8-14(9-5-12)17(2)11-15(18)10-16-13-6-7-13/h4-5,8-9,13,15-16,18H,3,6-7,10-11H2,1-2H3. The van der Waals surface area contributed by atoms with E-state index in [1.165, 1.54) is 18.4 Å². The predicted octanol–water partition coefficient (Wildman–Crippen LogP) is 1.80.